The first-order valence-electron chi connectivity index (χ1n) is 8.07. The van der Waals surface area contributed by atoms with Gasteiger partial charge in [-0.05, 0) is 24.1 Å². The molecule has 1 heterocycles. The van der Waals surface area contributed by atoms with Gasteiger partial charge >= 0.3 is 0 Å². The van der Waals surface area contributed by atoms with Crippen molar-refractivity contribution in [3.05, 3.63) is 65.2 Å². The van der Waals surface area contributed by atoms with Gasteiger partial charge in [0, 0.05) is 18.7 Å². The molecule has 2 N–H and O–H groups in total. The van der Waals surface area contributed by atoms with Gasteiger partial charge < -0.3 is 15.4 Å². The summed E-state index contributed by atoms with van der Waals surface area (Å²) < 4.78 is 5.21. The van der Waals surface area contributed by atoms with Gasteiger partial charge in [-0.3, -0.25) is 9.79 Å². The highest BCUT2D eigenvalue weighted by atomic mass is 16.5. The number of aliphatic imine (C=N–C) groups is 1. The SMILES string of the molecule is COc1ccccc1C(=O)NCCCNC1=NCc2ccccc21. The second-order valence-electron chi connectivity index (χ2n) is 5.56. The summed E-state index contributed by atoms with van der Waals surface area (Å²) in [6.45, 7) is 2.10. The van der Waals surface area contributed by atoms with Crippen LogP contribution in [0.5, 0.6) is 5.75 Å². The Labute approximate surface area is 141 Å². The molecule has 0 spiro atoms. The lowest BCUT2D eigenvalue weighted by Gasteiger charge is -2.10. The maximum Gasteiger partial charge on any atom is 0.255 e. The van der Waals surface area contributed by atoms with E-state index < -0.39 is 0 Å². The smallest absolute Gasteiger partial charge is 0.255 e. The maximum atomic E-state index is 12.2. The number of hydrogen-bond acceptors (Lipinski definition) is 4. The highest BCUT2D eigenvalue weighted by Crippen LogP contribution is 2.17. The van der Waals surface area contributed by atoms with E-state index in [1.165, 1.54) is 11.1 Å². The average Bonchev–Trinajstić information content (AvgIpc) is 3.04. The Hall–Kier alpha value is -2.82. The van der Waals surface area contributed by atoms with E-state index in [9.17, 15) is 4.79 Å². The van der Waals surface area contributed by atoms with Crippen molar-refractivity contribution < 1.29 is 9.53 Å². The maximum absolute atomic E-state index is 12.2. The van der Waals surface area contributed by atoms with Crippen LogP contribution >= 0.6 is 0 Å². The van der Waals surface area contributed by atoms with Gasteiger partial charge in [-0.15, -0.1) is 0 Å². The zero-order chi connectivity index (χ0) is 16.8. The quantitative estimate of drug-likeness (QED) is 0.802. The van der Waals surface area contributed by atoms with Crippen LogP contribution in [0.4, 0.5) is 0 Å². The Morgan fingerprint density at radius 1 is 1.12 bits per heavy atom. The van der Waals surface area contributed by atoms with Crippen LogP contribution in [-0.2, 0) is 6.54 Å². The Kier molecular flexibility index (Phi) is 5.11. The number of fused-ring (bicyclic) bond motifs is 1. The molecule has 2 aromatic rings. The van der Waals surface area contributed by atoms with Crippen molar-refractivity contribution in [2.75, 3.05) is 20.2 Å². The van der Waals surface area contributed by atoms with Gasteiger partial charge in [0.1, 0.15) is 11.6 Å². The molecule has 1 aliphatic heterocycles. The number of benzene rings is 2. The summed E-state index contributed by atoms with van der Waals surface area (Å²) in [6, 6.07) is 15.5. The molecule has 0 bridgehead atoms. The van der Waals surface area contributed by atoms with Gasteiger partial charge in [0.2, 0.25) is 0 Å². The summed E-state index contributed by atoms with van der Waals surface area (Å²) in [5, 5.41) is 6.27. The van der Waals surface area contributed by atoms with Crippen molar-refractivity contribution in [2.45, 2.75) is 13.0 Å². The number of amidine groups is 1. The Bertz CT molecular complexity index is 756. The van der Waals surface area contributed by atoms with Crippen LogP contribution in [0.15, 0.2) is 53.5 Å². The molecular formula is C19H21N3O2. The number of amides is 1. The lowest BCUT2D eigenvalue weighted by Crippen LogP contribution is -2.30. The summed E-state index contributed by atoms with van der Waals surface area (Å²) in [4.78, 5) is 16.7. The van der Waals surface area contributed by atoms with Crippen molar-refractivity contribution in [1.82, 2.24) is 10.6 Å². The van der Waals surface area contributed by atoms with Gasteiger partial charge in [-0.1, -0.05) is 36.4 Å². The number of nitrogens with one attached hydrogen (secondary N) is 2. The number of methoxy groups -OCH3 is 1. The van der Waals surface area contributed by atoms with Crippen LogP contribution in [-0.4, -0.2) is 31.9 Å². The minimum Gasteiger partial charge on any atom is -0.496 e. The lowest BCUT2D eigenvalue weighted by atomic mass is 10.1. The largest absolute Gasteiger partial charge is 0.496 e. The lowest BCUT2D eigenvalue weighted by molar-refractivity contribution is 0.0950. The minimum atomic E-state index is -0.115. The molecule has 5 nitrogen and oxygen atoms in total. The highest BCUT2D eigenvalue weighted by Gasteiger charge is 2.14. The third-order valence-corrected chi connectivity index (χ3v) is 3.96. The summed E-state index contributed by atoms with van der Waals surface area (Å²) >= 11 is 0. The number of nitrogens with zero attached hydrogens (tertiary/aromatic N) is 1. The minimum absolute atomic E-state index is 0.115. The van der Waals surface area contributed by atoms with E-state index in [1.54, 1.807) is 19.2 Å². The molecule has 0 aromatic heterocycles. The zero-order valence-corrected chi connectivity index (χ0v) is 13.7. The molecule has 0 radical (unpaired) electrons. The van der Waals surface area contributed by atoms with Gasteiger partial charge in [-0.2, -0.15) is 0 Å². The van der Waals surface area contributed by atoms with E-state index in [0.29, 0.717) is 17.9 Å². The molecule has 0 fully saturated rings. The number of hydrogen-bond donors (Lipinski definition) is 2. The molecular weight excluding hydrogens is 302 g/mol. The van der Waals surface area contributed by atoms with Crippen molar-refractivity contribution in [3.8, 4) is 5.75 Å². The fourth-order valence-corrected chi connectivity index (χ4v) is 2.71. The van der Waals surface area contributed by atoms with E-state index >= 15 is 0 Å². The predicted molar refractivity (Wildman–Crippen MR) is 94.6 cm³/mol. The average molecular weight is 323 g/mol. The molecule has 124 valence electrons. The molecule has 0 aliphatic carbocycles. The summed E-state index contributed by atoms with van der Waals surface area (Å²) in [5.74, 6) is 1.42. The van der Waals surface area contributed by atoms with Crippen molar-refractivity contribution in [2.24, 2.45) is 4.99 Å². The summed E-state index contributed by atoms with van der Waals surface area (Å²) in [5.41, 5.74) is 2.99. The fourth-order valence-electron chi connectivity index (χ4n) is 2.71. The summed E-state index contributed by atoms with van der Waals surface area (Å²) in [6.07, 6.45) is 0.822. The summed E-state index contributed by atoms with van der Waals surface area (Å²) in [7, 11) is 1.57. The molecule has 2 aromatic carbocycles. The predicted octanol–water partition coefficient (Wildman–Crippen LogP) is 2.37. The van der Waals surface area contributed by atoms with E-state index in [2.05, 4.69) is 27.8 Å². The molecule has 0 saturated heterocycles. The number of rotatable bonds is 6. The second-order valence-corrected chi connectivity index (χ2v) is 5.56. The van der Waals surface area contributed by atoms with Crippen molar-refractivity contribution in [1.29, 1.82) is 0 Å². The number of para-hydroxylation sites is 1. The number of carbonyl (C=O) groups excluding carboxylic acids is 1. The van der Waals surface area contributed by atoms with Crippen LogP contribution in [0.25, 0.3) is 0 Å². The molecule has 24 heavy (non-hydrogen) atoms. The first-order chi connectivity index (χ1) is 11.8. The van der Waals surface area contributed by atoms with Crippen LogP contribution < -0.4 is 15.4 Å². The number of carbonyl (C=O) groups is 1. The molecule has 5 heteroatoms. The van der Waals surface area contributed by atoms with Crippen LogP contribution in [0.2, 0.25) is 0 Å². The zero-order valence-electron chi connectivity index (χ0n) is 13.7. The van der Waals surface area contributed by atoms with Gasteiger partial charge in [-0.25, -0.2) is 0 Å². The first-order valence-corrected chi connectivity index (χ1v) is 8.07. The van der Waals surface area contributed by atoms with Crippen molar-refractivity contribution in [3.63, 3.8) is 0 Å². The molecule has 0 atom stereocenters. The van der Waals surface area contributed by atoms with Crippen LogP contribution in [0.1, 0.15) is 27.9 Å². The van der Waals surface area contributed by atoms with Crippen LogP contribution in [0, 0.1) is 0 Å². The molecule has 1 aliphatic rings. The molecule has 0 saturated carbocycles. The van der Waals surface area contributed by atoms with Crippen LogP contribution in [0.3, 0.4) is 0 Å². The standard InChI is InChI=1S/C19H21N3O2/c1-24-17-10-5-4-9-16(17)19(23)21-12-6-11-20-18-15-8-3-2-7-14(15)13-22-18/h2-5,7-10H,6,11-13H2,1H3,(H,20,22)(H,21,23). The molecule has 1 amide bonds. The fraction of sp³-hybridized carbons (Fsp3) is 0.263. The topological polar surface area (TPSA) is 62.7 Å². The molecule has 0 unspecified atom stereocenters. The Balaban J connectivity index is 1.43. The van der Waals surface area contributed by atoms with E-state index in [0.717, 1.165) is 25.3 Å². The second kappa shape index (κ2) is 7.64. The van der Waals surface area contributed by atoms with Gasteiger partial charge in [0.25, 0.3) is 5.91 Å². The van der Waals surface area contributed by atoms with E-state index in [-0.39, 0.29) is 5.91 Å². The number of ether oxygens (including phenoxy) is 1. The van der Waals surface area contributed by atoms with E-state index in [4.69, 9.17) is 4.74 Å². The highest BCUT2D eigenvalue weighted by molar-refractivity contribution is 6.02. The van der Waals surface area contributed by atoms with Gasteiger partial charge in [0.15, 0.2) is 0 Å². The third kappa shape index (κ3) is 3.56. The molecule has 3 rings (SSSR count). The van der Waals surface area contributed by atoms with E-state index in [1.807, 2.05) is 24.3 Å². The normalized spacial score (nSPS) is 12.3. The Morgan fingerprint density at radius 3 is 2.79 bits per heavy atom. The Morgan fingerprint density at radius 2 is 1.92 bits per heavy atom. The van der Waals surface area contributed by atoms with Gasteiger partial charge in [0.05, 0.1) is 19.2 Å². The van der Waals surface area contributed by atoms with Crippen molar-refractivity contribution >= 4 is 11.7 Å². The third-order valence-electron chi connectivity index (χ3n) is 3.96. The first kappa shape index (κ1) is 16.1. The monoisotopic (exact) mass is 323 g/mol.